The van der Waals surface area contributed by atoms with Gasteiger partial charge in [-0.15, -0.1) is 0 Å². The Balaban J connectivity index is 1.74. The van der Waals surface area contributed by atoms with Gasteiger partial charge in [0.2, 0.25) is 0 Å². The monoisotopic (exact) mass is 344 g/mol. The summed E-state index contributed by atoms with van der Waals surface area (Å²) in [6.45, 7) is 5.24. The number of carbonyl (C=O) groups excluding carboxylic acids is 1. The summed E-state index contributed by atoms with van der Waals surface area (Å²) in [5, 5.41) is 7.68. The van der Waals surface area contributed by atoms with Gasteiger partial charge in [0.05, 0.1) is 18.3 Å². The van der Waals surface area contributed by atoms with Crippen LogP contribution in [0.3, 0.4) is 0 Å². The van der Waals surface area contributed by atoms with Crippen molar-refractivity contribution >= 4 is 11.8 Å². The van der Waals surface area contributed by atoms with Crippen LogP contribution in [-0.4, -0.2) is 36.8 Å². The first-order chi connectivity index (χ1) is 12.1. The molecule has 0 unspecified atom stereocenters. The molecule has 3 rings (SSSR count). The number of nitrogens with zero attached hydrogens (tertiary/aromatic N) is 5. The summed E-state index contributed by atoms with van der Waals surface area (Å²) in [4.78, 5) is 19.0. The molecule has 0 spiro atoms. The molecule has 0 radical (unpaired) electrons. The van der Waals surface area contributed by atoms with Crippen molar-refractivity contribution in [2.24, 2.45) is 7.05 Å². The van der Waals surface area contributed by atoms with Crippen LogP contribution in [0.25, 0.3) is 0 Å². The second kappa shape index (κ2) is 7.72. The third kappa shape index (κ3) is 4.03. The van der Waals surface area contributed by atoms with E-state index < -0.39 is 0 Å². The van der Waals surface area contributed by atoms with Gasteiger partial charge < -0.3 is 9.47 Å². The van der Waals surface area contributed by atoms with Gasteiger partial charge in [-0.2, -0.15) is 5.10 Å². The number of aryl methyl sites for hydroxylation is 2. The maximum atomic E-state index is 12.9. The van der Waals surface area contributed by atoms with Crippen LogP contribution in [-0.2, 0) is 13.6 Å². The number of imidazole rings is 1. The van der Waals surface area contributed by atoms with E-state index in [1.165, 1.54) is 12.8 Å². The first-order valence-corrected chi connectivity index (χ1v) is 9.16. The molecule has 0 aromatic carbocycles. The van der Waals surface area contributed by atoms with Crippen LogP contribution in [0, 0.1) is 6.92 Å². The molecule has 0 aliphatic heterocycles. The maximum Gasteiger partial charge on any atom is 0.323 e. The molecule has 0 saturated heterocycles. The first kappa shape index (κ1) is 17.5. The van der Waals surface area contributed by atoms with E-state index in [2.05, 4.69) is 22.3 Å². The predicted molar refractivity (Wildman–Crippen MR) is 97.4 cm³/mol. The minimum Gasteiger partial charge on any atom is -0.337 e. The van der Waals surface area contributed by atoms with Crippen molar-refractivity contribution in [2.75, 3.05) is 11.9 Å². The highest BCUT2D eigenvalue weighted by atomic mass is 16.2. The van der Waals surface area contributed by atoms with Gasteiger partial charge in [-0.3, -0.25) is 5.32 Å². The number of nitrogens with one attached hydrogen (secondary N) is 1. The second-order valence-corrected chi connectivity index (χ2v) is 6.86. The molecule has 2 heterocycles. The zero-order chi connectivity index (χ0) is 17.8. The van der Waals surface area contributed by atoms with Gasteiger partial charge in [-0.05, 0) is 26.2 Å². The Morgan fingerprint density at radius 3 is 2.80 bits per heavy atom. The largest absolute Gasteiger partial charge is 0.337 e. The Kier molecular flexibility index (Phi) is 5.40. The van der Waals surface area contributed by atoms with Gasteiger partial charge in [0, 0.05) is 32.1 Å². The average Bonchev–Trinajstić information content (AvgIpc) is 3.29. The normalized spacial score (nSPS) is 14.8. The third-order valence-electron chi connectivity index (χ3n) is 4.80. The molecule has 7 nitrogen and oxygen atoms in total. The lowest BCUT2D eigenvalue weighted by atomic mass is 10.2. The zero-order valence-electron chi connectivity index (χ0n) is 15.4. The summed E-state index contributed by atoms with van der Waals surface area (Å²) in [6, 6.07) is 2.27. The lowest BCUT2D eigenvalue weighted by molar-refractivity contribution is 0.207. The van der Waals surface area contributed by atoms with E-state index in [0.29, 0.717) is 19.1 Å². The molecule has 0 atom stereocenters. The molecule has 1 fully saturated rings. The Morgan fingerprint density at radius 2 is 2.16 bits per heavy atom. The highest BCUT2D eigenvalue weighted by Crippen LogP contribution is 2.31. The van der Waals surface area contributed by atoms with Gasteiger partial charge in [0.1, 0.15) is 11.6 Å². The third-order valence-corrected chi connectivity index (χ3v) is 4.80. The molecular weight excluding hydrogens is 316 g/mol. The Morgan fingerprint density at radius 1 is 1.40 bits per heavy atom. The van der Waals surface area contributed by atoms with Gasteiger partial charge in [-0.1, -0.05) is 19.8 Å². The standard InChI is InChI=1S/C18H28N6O/c1-4-10-23(13-17-19-9-11-22(17)3)18(25)20-16-12-14(2)21-24(16)15-7-5-6-8-15/h9,11-12,15H,4-8,10,13H2,1-3H3,(H,20,25). The minimum absolute atomic E-state index is 0.0935. The Hall–Kier alpha value is -2.31. The molecule has 25 heavy (non-hydrogen) atoms. The molecule has 7 heteroatoms. The topological polar surface area (TPSA) is 68.0 Å². The highest BCUT2D eigenvalue weighted by molar-refractivity contribution is 5.88. The molecule has 1 aliphatic carbocycles. The lowest BCUT2D eigenvalue weighted by Gasteiger charge is -2.23. The molecule has 0 bridgehead atoms. The van der Waals surface area contributed by atoms with Gasteiger partial charge in [0.25, 0.3) is 0 Å². The maximum absolute atomic E-state index is 12.9. The van der Waals surface area contributed by atoms with Gasteiger partial charge >= 0.3 is 6.03 Å². The first-order valence-electron chi connectivity index (χ1n) is 9.16. The second-order valence-electron chi connectivity index (χ2n) is 6.86. The summed E-state index contributed by atoms with van der Waals surface area (Å²) in [5.74, 6) is 1.68. The summed E-state index contributed by atoms with van der Waals surface area (Å²) in [6.07, 6.45) is 9.30. The summed E-state index contributed by atoms with van der Waals surface area (Å²) in [5.41, 5.74) is 0.938. The van der Waals surface area contributed by atoms with Crippen molar-refractivity contribution < 1.29 is 4.79 Å². The number of hydrogen-bond donors (Lipinski definition) is 1. The predicted octanol–water partition coefficient (Wildman–Crippen LogP) is 3.48. The van der Waals surface area contributed by atoms with E-state index >= 15 is 0 Å². The quantitative estimate of drug-likeness (QED) is 0.872. The van der Waals surface area contributed by atoms with E-state index in [1.807, 2.05) is 40.4 Å². The van der Waals surface area contributed by atoms with E-state index in [0.717, 1.165) is 36.6 Å². The van der Waals surface area contributed by atoms with E-state index in [4.69, 9.17) is 0 Å². The van der Waals surface area contributed by atoms with Crippen LogP contribution < -0.4 is 5.32 Å². The van der Waals surface area contributed by atoms with Crippen molar-refractivity contribution in [3.8, 4) is 0 Å². The Bertz CT molecular complexity index is 713. The Labute approximate surface area is 149 Å². The fourth-order valence-electron chi connectivity index (χ4n) is 3.47. The van der Waals surface area contributed by atoms with Crippen molar-refractivity contribution in [2.45, 2.75) is 58.5 Å². The minimum atomic E-state index is -0.0935. The molecule has 136 valence electrons. The summed E-state index contributed by atoms with van der Waals surface area (Å²) >= 11 is 0. The molecule has 2 amide bonds. The van der Waals surface area contributed by atoms with Crippen LogP contribution in [0.1, 0.15) is 56.6 Å². The van der Waals surface area contributed by atoms with E-state index in [1.54, 1.807) is 6.20 Å². The fraction of sp³-hybridized carbons (Fsp3) is 0.611. The number of rotatable bonds is 6. The van der Waals surface area contributed by atoms with E-state index in [9.17, 15) is 4.79 Å². The average molecular weight is 344 g/mol. The van der Waals surface area contributed by atoms with Crippen molar-refractivity contribution in [1.82, 2.24) is 24.2 Å². The summed E-state index contributed by atoms with van der Waals surface area (Å²) in [7, 11) is 1.95. The SMILES string of the molecule is CCCN(Cc1nccn1C)C(=O)Nc1cc(C)nn1C1CCCC1. The number of hydrogen-bond acceptors (Lipinski definition) is 3. The van der Waals surface area contributed by atoms with Crippen LogP contribution in [0.2, 0.25) is 0 Å². The lowest BCUT2D eigenvalue weighted by Crippen LogP contribution is -2.36. The van der Waals surface area contributed by atoms with Gasteiger partial charge in [-0.25, -0.2) is 14.5 Å². The number of aromatic nitrogens is 4. The van der Waals surface area contributed by atoms with Gasteiger partial charge in [0.15, 0.2) is 0 Å². The number of amides is 2. The fourth-order valence-corrected chi connectivity index (χ4v) is 3.47. The molecule has 1 saturated carbocycles. The summed E-state index contributed by atoms with van der Waals surface area (Å²) < 4.78 is 3.95. The van der Waals surface area contributed by atoms with E-state index in [-0.39, 0.29) is 6.03 Å². The van der Waals surface area contributed by atoms with Crippen molar-refractivity contribution in [3.63, 3.8) is 0 Å². The smallest absolute Gasteiger partial charge is 0.323 e. The molecule has 1 aliphatic rings. The number of anilines is 1. The van der Waals surface area contributed by atoms with Crippen LogP contribution in [0.4, 0.5) is 10.6 Å². The van der Waals surface area contributed by atoms with Crippen LogP contribution in [0.15, 0.2) is 18.5 Å². The highest BCUT2D eigenvalue weighted by Gasteiger charge is 2.23. The van der Waals surface area contributed by atoms with Crippen molar-refractivity contribution in [3.05, 3.63) is 30.0 Å². The molecule has 1 N–H and O–H groups in total. The molecule has 2 aromatic heterocycles. The van der Waals surface area contributed by atoms with Crippen LogP contribution in [0.5, 0.6) is 0 Å². The number of urea groups is 1. The van der Waals surface area contributed by atoms with Crippen LogP contribution >= 0.6 is 0 Å². The zero-order valence-corrected chi connectivity index (χ0v) is 15.4. The van der Waals surface area contributed by atoms with Crippen molar-refractivity contribution in [1.29, 1.82) is 0 Å². The number of carbonyl (C=O) groups is 1. The molecule has 2 aromatic rings. The molecular formula is C18H28N6O.